The molecule has 0 radical (unpaired) electrons. The normalized spacial score (nSPS) is 13.5. The summed E-state index contributed by atoms with van der Waals surface area (Å²) in [5, 5.41) is 19.8. The van der Waals surface area contributed by atoms with Gasteiger partial charge in [-0.2, -0.15) is 0 Å². The maximum Gasteiger partial charge on any atom is 0.326 e. The van der Waals surface area contributed by atoms with Crippen LogP contribution in [0.1, 0.15) is 70.4 Å². The molecule has 1 aromatic heterocycles. The van der Waals surface area contributed by atoms with Gasteiger partial charge in [0.2, 0.25) is 17.7 Å². The van der Waals surface area contributed by atoms with E-state index in [1.807, 2.05) is 25.1 Å². The van der Waals surface area contributed by atoms with Gasteiger partial charge in [-0.3, -0.25) is 14.4 Å². The van der Waals surface area contributed by atoms with E-state index >= 15 is 0 Å². The average Bonchev–Trinajstić information content (AvgIpc) is 3.30. The number of nitrogens with two attached hydrogens (primary N) is 1. The van der Waals surface area contributed by atoms with Gasteiger partial charge in [-0.05, 0) is 61.9 Å². The van der Waals surface area contributed by atoms with Gasteiger partial charge in [-0.25, -0.2) is 4.79 Å². The number of carboxylic acids is 1. The van der Waals surface area contributed by atoms with Crippen LogP contribution in [0.2, 0.25) is 0 Å². The van der Waals surface area contributed by atoms with Gasteiger partial charge in [0.1, 0.15) is 18.1 Å². The van der Waals surface area contributed by atoms with Crippen LogP contribution >= 0.6 is 0 Å². The van der Waals surface area contributed by atoms with Crippen LogP contribution in [-0.2, 0) is 32.0 Å². The lowest BCUT2D eigenvalue weighted by molar-refractivity contribution is -0.142. The highest BCUT2D eigenvalue weighted by Gasteiger charge is 2.29. The van der Waals surface area contributed by atoms with Crippen molar-refractivity contribution in [1.82, 2.24) is 20.9 Å². The zero-order chi connectivity index (χ0) is 29.9. The van der Waals surface area contributed by atoms with E-state index in [1.165, 1.54) is 6.92 Å². The summed E-state index contributed by atoms with van der Waals surface area (Å²) in [6.07, 6.45) is 4.38. The van der Waals surface area contributed by atoms with Crippen molar-refractivity contribution in [3.63, 3.8) is 0 Å². The molecule has 10 heteroatoms. The van der Waals surface area contributed by atoms with E-state index in [-0.39, 0.29) is 25.2 Å². The second-order valence-electron chi connectivity index (χ2n) is 10.6. The monoisotopic (exact) mass is 565 g/mol. The van der Waals surface area contributed by atoms with E-state index in [0.717, 1.165) is 45.8 Å². The Morgan fingerprint density at radius 1 is 0.878 bits per heavy atom. The van der Waals surface area contributed by atoms with Crippen LogP contribution in [-0.4, -0.2) is 58.5 Å². The second-order valence-corrected chi connectivity index (χ2v) is 10.6. The van der Waals surface area contributed by atoms with Crippen LogP contribution in [0.3, 0.4) is 0 Å². The van der Waals surface area contributed by atoms with Crippen molar-refractivity contribution in [2.75, 3.05) is 6.54 Å². The highest BCUT2D eigenvalue weighted by Crippen LogP contribution is 2.30. The largest absolute Gasteiger partial charge is 0.480 e. The summed E-state index contributed by atoms with van der Waals surface area (Å²) in [5.41, 5.74) is 9.53. The van der Waals surface area contributed by atoms with Crippen LogP contribution in [0.4, 0.5) is 0 Å². The minimum atomic E-state index is -1.13. The molecule has 1 heterocycles. The molecule has 2 aromatic carbocycles. The molecule has 41 heavy (non-hydrogen) atoms. The first-order valence-electron chi connectivity index (χ1n) is 14.5. The first-order chi connectivity index (χ1) is 19.7. The predicted octanol–water partition coefficient (Wildman–Crippen LogP) is 3.30. The molecular weight excluding hydrogens is 522 g/mol. The number of carbonyl (C=O) groups excluding carboxylic acids is 3. The molecule has 0 saturated carbocycles. The molecule has 0 fully saturated rings. The molecule has 0 spiro atoms. The number of hydrogen-bond donors (Lipinski definition) is 6. The summed E-state index contributed by atoms with van der Waals surface area (Å²) in [5.74, 6) is -2.58. The van der Waals surface area contributed by atoms with Gasteiger partial charge < -0.3 is 31.8 Å². The number of carbonyl (C=O) groups is 4. The molecule has 3 amide bonds. The summed E-state index contributed by atoms with van der Waals surface area (Å²) < 4.78 is 0. The molecule has 7 N–H and O–H groups in total. The third kappa shape index (κ3) is 8.53. The Bertz CT molecular complexity index is 1370. The number of aromatic nitrogens is 1. The number of benzene rings is 2. The number of amides is 3. The Morgan fingerprint density at radius 2 is 1.59 bits per heavy atom. The van der Waals surface area contributed by atoms with E-state index < -0.39 is 35.9 Å². The average molecular weight is 566 g/mol. The molecule has 10 nitrogen and oxygen atoms in total. The van der Waals surface area contributed by atoms with Crippen LogP contribution < -0.4 is 21.7 Å². The number of hydrogen-bond acceptors (Lipinski definition) is 5. The summed E-state index contributed by atoms with van der Waals surface area (Å²) in [6.45, 7) is 5.72. The number of aryl methyl sites for hydroxylation is 1. The summed E-state index contributed by atoms with van der Waals surface area (Å²) in [7, 11) is 0. The second kappa shape index (κ2) is 15.2. The summed E-state index contributed by atoms with van der Waals surface area (Å²) >= 11 is 0. The van der Waals surface area contributed by atoms with Gasteiger partial charge in [-0.15, -0.1) is 0 Å². The number of aromatic amines is 1. The molecule has 3 atom stereocenters. The number of unbranched alkanes of at least 4 members (excludes halogenated alkanes) is 1. The molecule has 0 aliphatic rings. The van der Waals surface area contributed by atoms with Gasteiger partial charge in [0, 0.05) is 35.2 Å². The van der Waals surface area contributed by atoms with Crippen molar-refractivity contribution in [3.05, 3.63) is 47.5 Å². The fourth-order valence-electron chi connectivity index (χ4n) is 5.21. The fourth-order valence-corrected chi connectivity index (χ4v) is 5.21. The molecule has 0 bridgehead atoms. The SMILES string of the molecule is CCCc1cc(CC(NC(C)=O)C(=O)NC(CCCCN)C(=O)NC(CCC)C(=O)O)c2[nH]c3ccccc3c2c1. The van der Waals surface area contributed by atoms with E-state index in [9.17, 15) is 24.3 Å². The number of carboxylic acid groups (broad SMARTS) is 1. The first-order valence-corrected chi connectivity index (χ1v) is 14.5. The standard InChI is InChI=1S/C31H43N5O5/c1-4-10-20-16-21(28-23(17-20)22-12-6-7-13-24(22)34-28)18-27(33-19(3)37)30(39)35-25(14-8-9-15-32)29(38)36-26(11-5-2)31(40)41/h6-7,12-13,16-17,25-27,34H,4-5,8-11,14-15,18,32H2,1-3H3,(H,33,37)(H,35,39)(H,36,38)(H,40,41). The van der Waals surface area contributed by atoms with Gasteiger partial charge in [0.05, 0.1) is 0 Å². The zero-order valence-electron chi connectivity index (χ0n) is 24.2. The smallest absolute Gasteiger partial charge is 0.326 e. The summed E-state index contributed by atoms with van der Waals surface area (Å²) in [6, 6.07) is 9.27. The van der Waals surface area contributed by atoms with Crippen molar-refractivity contribution in [2.24, 2.45) is 5.73 Å². The van der Waals surface area contributed by atoms with Crippen molar-refractivity contribution < 1.29 is 24.3 Å². The molecule has 3 rings (SSSR count). The van der Waals surface area contributed by atoms with Gasteiger partial charge in [0.15, 0.2) is 0 Å². The minimum absolute atomic E-state index is 0.205. The topological polar surface area (TPSA) is 166 Å². The molecule has 3 aromatic rings. The summed E-state index contributed by atoms with van der Waals surface area (Å²) in [4.78, 5) is 54.1. The van der Waals surface area contributed by atoms with E-state index in [2.05, 4.69) is 46.1 Å². The van der Waals surface area contributed by atoms with E-state index in [0.29, 0.717) is 25.8 Å². The van der Waals surface area contributed by atoms with Crippen molar-refractivity contribution in [2.45, 2.75) is 90.3 Å². The molecule has 0 aliphatic carbocycles. The van der Waals surface area contributed by atoms with Gasteiger partial charge in [-0.1, -0.05) is 51.0 Å². The van der Waals surface area contributed by atoms with Gasteiger partial charge in [0.25, 0.3) is 0 Å². The Labute approximate surface area is 240 Å². The number of H-pyrrole nitrogens is 1. The first kappa shape index (κ1) is 31.6. The zero-order valence-corrected chi connectivity index (χ0v) is 24.2. The number of nitrogens with one attached hydrogen (secondary N) is 4. The Morgan fingerprint density at radius 3 is 2.24 bits per heavy atom. The predicted molar refractivity (Wildman–Crippen MR) is 160 cm³/mol. The maximum absolute atomic E-state index is 13.6. The van der Waals surface area contributed by atoms with E-state index in [1.54, 1.807) is 0 Å². The fraction of sp³-hybridized carbons (Fsp3) is 0.484. The Balaban J connectivity index is 1.92. The van der Waals surface area contributed by atoms with Crippen LogP contribution in [0.25, 0.3) is 21.8 Å². The lowest BCUT2D eigenvalue weighted by atomic mass is 9.96. The lowest BCUT2D eigenvalue weighted by Crippen LogP contribution is -2.56. The van der Waals surface area contributed by atoms with Crippen molar-refractivity contribution in [1.29, 1.82) is 0 Å². The highest BCUT2D eigenvalue weighted by atomic mass is 16.4. The number of rotatable bonds is 16. The molecular formula is C31H43N5O5. The number of aliphatic carboxylic acids is 1. The molecule has 222 valence electrons. The quantitative estimate of drug-likeness (QED) is 0.146. The molecule has 0 saturated heterocycles. The van der Waals surface area contributed by atoms with Crippen LogP contribution in [0.15, 0.2) is 36.4 Å². The number of para-hydroxylation sites is 1. The van der Waals surface area contributed by atoms with Crippen molar-refractivity contribution >= 4 is 45.5 Å². The third-order valence-corrected chi connectivity index (χ3v) is 7.19. The van der Waals surface area contributed by atoms with E-state index in [4.69, 9.17) is 5.73 Å². The van der Waals surface area contributed by atoms with Gasteiger partial charge >= 0.3 is 5.97 Å². The minimum Gasteiger partial charge on any atom is -0.480 e. The Kier molecular flexibility index (Phi) is 11.7. The van der Waals surface area contributed by atoms with Crippen molar-refractivity contribution in [3.8, 4) is 0 Å². The number of fused-ring (bicyclic) bond motifs is 3. The molecule has 3 unspecified atom stereocenters. The molecule has 0 aliphatic heterocycles. The Hall–Kier alpha value is -3.92. The lowest BCUT2D eigenvalue weighted by Gasteiger charge is -2.24. The third-order valence-electron chi connectivity index (χ3n) is 7.19. The van der Waals surface area contributed by atoms with Crippen LogP contribution in [0.5, 0.6) is 0 Å². The maximum atomic E-state index is 13.6. The highest BCUT2D eigenvalue weighted by molar-refractivity contribution is 6.08. The van der Waals surface area contributed by atoms with Crippen LogP contribution in [0, 0.1) is 0 Å².